The molecule has 0 amide bonds. The number of aromatic amines is 1. The van der Waals surface area contributed by atoms with E-state index < -0.39 is 17.2 Å². The normalized spacial score (nSPS) is 11.2. The number of nitrogens with one attached hydrogen (secondary N) is 2. The Morgan fingerprint density at radius 2 is 1.91 bits per heavy atom. The van der Waals surface area contributed by atoms with Gasteiger partial charge in [-0.25, -0.2) is 33.4 Å². The van der Waals surface area contributed by atoms with Crippen LogP contribution in [0, 0.1) is 11.6 Å². The molecule has 0 bridgehead atoms. The van der Waals surface area contributed by atoms with Crippen LogP contribution in [0.2, 0.25) is 0 Å². The van der Waals surface area contributed by atoms with Gasteiger partial charge >= 0.3 is 0 Å². The van der Waals surface area contributed by atoms with E-state index in [0.29, 0.717) is 28.5 Å². The van der Waals surface area contributed by atoms with Crippen LogP contribution in [0.15, 0.2) is 59.9 Å². The Morgan fingerprint density at radius 1 is 1.09 bits per heavy atom. The van der Waals surface area contributed by atoms with E-state index in [1.54, 1.807) is 18.0 Å². The zero-order valence-corrected chi connectivity index (χ0v) is 16.8. The number of H-pyrrole nitrogens is 1. The fourth-order valence-corrected chi connectivity index (χ4v) is 3.44. The minimum atomic E-state index is -0.676. The molecule has 3 aromatic heterocycles. The van der Waals surface area contributed by atoms with Gasteiger partial charge in [0.2, 0.25) is 0 Å². The van der Waals surface area contributed by atoms with Crippen LogP contribution in [-0.4, -0.2) is 36.6 Å². The van der Waals surface area contributed by atoms with Crippen LogP contribution >= 0.6 is 0 Å². The molecule has 0 saturated carbocycles. The molecule has 9 nitrogen and oxygen atoms in total. The van der Waals surface area contributed by atoms with Crippen molar-refractivity contribution in [1.29, 1.82) is 0 Å². The van der Waals surface area contributed by atoms with Crippen molar-refractivity contribution in [3.63, 3.8) is 0 Å². The number of nitrogens with zero attached hydrogens (tertiary/aromatic N) is 6. The summed E-state index contributed by atoms with van der Waals surface area (Å²) in [6.07, 6.45) is 2.90. The topological polar surface area (TPSA) is 105 Å². The van der Waals surface area contributed by atoms with E-state index in [1.807, 2.05) is 0 Å². The van der Waals surface area contributed by atoms with Gasteiger partial charge in [0.1, 0.15) is 28.9 Å². The third-order valence-electron chi connectivity index (χ3n) is 4.94. The highest BCUT2D eigenvalue weighted by Gasteiger charge is 2.18. The molecule has 5 aromatic rings. The molecule has 0 radical (unpaired) electrons. The van der Waals surface area contributed by atoms with Gasteiger partial charge in [0.15, 0.2) is 17.3 Å². The van der Waals surface area contributed by atoms with Crippen molar-refractivity contribution in [3.05, 3.63) is 82.9 Å². The van der Waals surface area contributed by atoms with Gasteiger partial charge in [-0.3, -0.25) is 10.2 Å². The van der Waals surface area contributed by atoms with Crippen LogP contribution in [0.25, 0.3) is 22.1 Å². The molecule has 0 fully saturated rings. The fourth-order valence-electron chi connectivity index (χ4n) is 3.44. The Kier molecular flexibility index (Phi) is 4.70. The minimum absolute atomic E-state index is 0.140. The van der Waals surface area contributed by atoms with E-state index in [2.05, 4.69) is 30.3 Å². The minimum Gasteiger partial charge on any atom is -0.350 e. The lowest BCUT2D eigenvalue weighted by Crippen LogP contribution is -2.34. The van der Waals surface area contributed by atoms with E-state index in [1.165, 1.54) is 49.1 Å². The molecule has 2 N–H and O–H groups in total. The smallest absolute Gasteiger partial charge is 0.283 e. The lowest BCUT2D eigenvalue weighted by atomic mass is 10.2. The lowest BCUT2D eigenvalue weighted by Gasteiger charge is -2.21. The van der Waals surface area contributed by atoms with Gasteiger partial charge in [-0.1, -0.05) is 6.07 Å². The first kappa shape index (κ1) is 19.5. The summed E-state index contributed by atoms with van der Waals surface area (Å²) >= 11 is 0. The first-order valence-corrected chi connectivity index (χ1v) is 9.59. The van der Waals surface area contributed by atoms with E-state index in [0.717, 1.165) is 4.68 Å². The van der Waals surface area contributed by atoms with Gasteiger partial charge in [-0.05, 0) is 36.4 Å². The molecule has 32 heavy (non-hydrogen) atoms. The summed E-state index contributed by atoms with van der Waals surface area (Å²) in [5, 5.41) is -0.147. The average molecular weight is 434 g/mol. The molecule has 0 aliphatic carbocycles. The van der Waals surface area contributed by atoms with Gasteiger partial charge < -0.3 is 9.88 Å². The number of benzene rings is 2. The van der Waals surface area contributed by atoms with Crippen molar-refractivity contribution in [2.24, 2.45) is 0 Å². The standard InChI is InChI=1S/C21H16F2N8O/c1-30(20-18-19(25-10-24-18)26-11-27-20)9-16-28-15-4-2-3-14(23)17(15)21(32)31(16)29-13-7-5-12(22)6-8-13/h2-8,10-11,29H,9H2,1H3,(H,24,25,26,27). The zero-order chi connectivity index (χ0) is 22.2. The largest absolute Gasteiger partial charge is 0.350 e. The van der Waals surface area contributed by atoms with Crippen LogP contribution in [0.4, 0.5) is 20.3 Å². The van der Waals surface area contributed by atoms with Gasteiger partial charge in [0.25, 0.3) is 5.56 Å². The molecule has 5 rings (SSSR count). The summed E-state index contributed by atoms with van der Waals surface area (Å²) in [5.74, 6) is -0.247. The maximum atomic E-state index is 14.4. The van der Waals surface area contributed by atoms with Crippen LogP contribution in [0.3, 0.4) is 0 Å². The van der Waals surface area contributed by atoms with Crippen LogP contribution in [-0.2, 0) is 6.54 Å². The maximum absolute atomic E-state index is 14.4. The van der Waals surface area contributed by atoms with Crippen molar-refractivity contribution >= 4 is 33.6 Å². The second-order valence-corrected chi connectivity index (χ2v) is 7.08. The van der Waals surface area contributed by atoms with Crippen LogP contribution in [0.1, 0.15) is 5.82 Å². The van der Waals surface area contributed by atoms with Crippen molar-refractivity contribution in [1.82, 2.24) is 29.6 Å². The monoisotopic (exact) mass is 434 g/mol. The number of anilines is 2. The Morgan fingerprint density at radius 3 is 2.72 bits per heavy atom. The average Bonchev–Trinajstić information content (AvgIpc) is 3.26. The highest BCUT2D eigenvalue weighted by molar-refractivity contribution is 5.82. The number of fused-ring (bicyclic) bond motifs is 2. The first-order valence-electron chi connectivity index (χ1n) is 9.59. The number of hydrogen-bond donors (Lipinski definition) is 2. The molecular formula is C21H16F2N8O. The van der Waals surface area contributed by atoms with E-state index in [-0.39, 0.29) is 17.4 Å². The number of imidazole rings is 1. The predicted molar refractivity (Wildman–Crippen MR) is 115 cm³/mol. The number of aromatic nitrogens is 6. The molecule has 160 valence electrons. The first-order chi connectivity index (χ1) is 15.5. The molecule has 0 aliphatic heterocycles. The second kappa shape index (κ2) is 7.69. The molecule has 0 aliphatic rings. The fraction of sp³-hybridized carbons (Fsp3) is 0.0952. The third kappa shape index (κ3) is 3.39. The molecule has 0 unspecified atom stereocenters. The lowest BCUT2D eigenvalue weighted by molar-refractivity contribution is 0.627. The van der Waals surface area contributed by atoms with Gasteiger partial charge in [0.05, 0.1) is 24.1 Å². The SMILES string of the molecule is CN(Cc1nc2cccc(F)c2c(=O)n1Nc1ccc(F)cc1)c1ncnc2nc[nH]c12. The second-order valence-electron chi connectivity index (χ2n) is 7.08. The van der Waals surface area contributed by atoms with Crippen molar-refractivity contribution in [3.8, 4) is 0 Å². The molecule has 0 saturated heterocycles. The predicted octanol–water partition coefficient (Wildman–Crippen LogP) is 2.85. The summed E-state index contributed by atoms with van der Waals surface area (Å²) in [7, 11) is 1.77. The van der Waals surface area contributed by atoms with Gasteiger partial charge in [-0.2, -0.15) is 0 Å². The molecule has 0 spiro atoms. The van der Waals surface area contributed by atoms with Crippen molar-refractivity contribution in [2.45, 2.75) is 6.54 Å². The number of rotatable bonds is 5. The molecule has 2 aromatic carbocycles. The molecule has 3 heterocycles. The summed E-state index contributed by atoms with van der Waals surface area (Å²) in [4.78, 5) is 35.0. The Hall–Kier alpha value is -4.41. The van der Waals surface area contributed by atoms with Crippen molar-refractivity contribution < 1.29 is 8.78 Å². The Bertz CT molecular complexity index is 1500. The summed E-state index contributed by atoms with van der Waals surface area (Å²) in [6, 6.07) is 9.72. The summed E-state index contributed by atoms with van der Waals surface area (Å²) in [5.41, 5.74) is 4.08. The number of halogens is 2. The Balaban J connectivity index is 1.63. The van der Waals surface area contributed by atoms with Crippen molar-refractivity contribution in [2.75, 3.05) is 17.4 Å². The summed E-state index contributed by atoms with van der Waals surface area (Å²) < 4.78 is 28.9. The molecular weight excluding hydrogens is 418 g/mol. The van der Waals surface area contributed by atoms with Crippen LogP contribution < -0.4 is 15.9 Å². The van der Waals surface area contributed by atoms with Crippen LogP contribution in [0.5, 0.6) is 0 Å². The van der Waals surface area contributed by atoms with E-state index in [4.69, 9.17) is 0 Å². The Labute approximate surface area is 179 Å². The third-order valence-corrected chi connectivity index (χ3v) is 4.94. The van der Waals surface area contributed by atoms with E-state index >= 15 is 0 Å². The quantitative estimate of drug-likeness (QED) is 0.438. The highest BCUT2D eigenvalue weighted by Crippen LogP contribution is 2.21. The zero-order valence-electron chi connectivity index (χ0n) is 16.8. The highest BCUT2D eigenvalue weighted by atomic mass is 19.1. The van der Waals surface area contributed by atoms with Gasteiger partial charge in [-0.15, -0.1) is 0 Å². The maximum Gasteiger partial charge on any atom is 0.283 e. The number of hydrogen-bond acceptors (Lipinski definition) is 7. The van der Waals surface area contributed by atoms with E-state index in [9.17, 15) is 13.6 Å². The molecule has 0 atom stereocenters. The summed E-state index contributed by atoms with van der Waals surface area (Å²) in [6.45, 7) is 0.140. The van der Waals surface area contributed by atoms with Gasteiger partial charge in [0, 0.05) is 7.05 Å². The molecule has 11 heteroatoms.